The Morgan fingerprint density at radius 3 is 2.77 bits per heavy atom. The van der Waals surface area contributed by atoms with Crippen molar-refractivity contribution in [1.29, 1.82) is 0 Å². The quantitative estimate of drug-likeness (QED) is 0.828. The van der Waals surface area contributed by atoms with E-state index in [0.717, 1.165) is 24.0 Å². The molecule has 0 aliphatic carbocycles. The molecule has 0 saturated carbocycles. The summed E-state index contributed by atoms with van der Waals surface area (Å²) in [6, 6.07) is 7.92. The molecule has 6 heteroatoms. The average molecular weight is 358 g/mol. The standard InChI is InChI=1S/C20H26N2O4/c1-14-4-3-5-16(10-14)19-22-17(15(2)26-19)11-18(24)21-12-20(13-23)6-8-25-9-7-20/h3-5,10,23H,6-9,11-13H2,1-2H3,(H,21,24). The third-order valence-electron chi connectivity index (χ3n) is 5.04. The van der Waals surface area contributed by atoms with Crippen LogP contribution in [-0.4, -0.2) is 42.4 Å². The number of nitrogens with zero attached hydrogens (tertiary/aromatic N) is 1. The van der Waals surface area contributed by atoms with Gasteiger partial charge in [-0.2, -0.15) is 0 Å². The first-order valence-electron chi connectivity index (χ1n) is 9.00. The van der Waals surface area contributed by atoms with Gasteiger partial charge in [-0.15, -0.1) is 0 Å². The summed E-state index contributed by atoms with van der Waals surface area (Å²) < 4.78 is 11.1. The molecule has 6 nitrogen and oxygen atoms in total. The van der Waals surface area contributed by atoms with Crippen LogP contribution in [0, 0.1) is 19.3 Å². The lowest BCUT2D eigenvalue weighted by Crippen LogP contribution is -2.44. The molecule has 0 radical (unpaired) electrons. The van der Waals surface area contributed by atoms with Crippen molar-refractivity contribution >= 4 is 5.91 Å². The minimum absolute atomic E-state index is 0.0527. The number of carbonyl (C=O) groups is 1. The fourth-order valence-electron chi connectivity index (χ4n) is 3.19. The fraction of sp³-hybridized carbons (Fsp3) is 0.500. The van der Waals surface area contributed by atoms with Crippen LogP contribution in [-0.2, 0) is 16.0 Å². The van der Waals surface area contributed by atoms with E-state index >= 15 is 0 Å². The Labute approximate surface area is 153 Å². The Bertz CT molecular complexity index is 763. The lowest BCUT2D eigenvalue weighted by atomic mass is 9.81. The van der Waals surface area contributed by atoms with Crippen LogP contribution < -0.4 is 5.32 Å². The smallest absolute Gasteiger partial charge is 0.226 e. The van der Waals surface area contributed by atoms with E-state index < -0.39 is 0 Å². The topological polar surface area (TPSA) is 84.6 Å². The molecule has 3 rings (SSSR count). The van der Waals surface area contributed by atoms with Gasteiger partial charge < -0.3 is 19.6 Å². The van der Waals surface area contributed by atoms with Crippen LogP contribution in [0.4, 0.5) is 0 Å². The highest BCUT2D eigenvalue weighted by Gasteiger charge is 2.32. The van der Waals surface area contributed by atoms with E-state index in [9.17, 15) is 9.90 Å². The fourth-order valence-corrected chi connectivity index (χ4v) is 3.19. The molecule has 140 valence electrons. The second-order valence-electron chi connectivity index (χ2n) is 7.12. The summed E-state index contributed by atoms with van der Waals surface area (Å²) in [4.78, 5) is 16.9. The number of hydrogen-bond donors (Lipinski definition) is 2. The molecule has 1 aromatic carbocycles. The molecule has 2 aromatic rings. The van der Waals surface area contributed by atoms with Crippen LogP contribution in [0.3, 0.4) is 0 Å². The molecule has 2 heterocycles. The maximum atomic E-state index is 12.4. The molecule has 1 amide bonds. The van der Waals surface area contributed by atoms with Gasteiger partial charge in [0.05, 0.1) is 18.7 Å². The number of oxazole rings is 1. The van der Waals surface area contributed by atoms with E-state index in [2.05, 4.69) is 10.3 Å². The Hall–Kier alpha value is -2.18. The molecule has 0 unspecified atom stereocenters. The van der Waals surface area contributed by atoms with E-state index in [-0.39, 0.29) is 24.3 Å². The van der Waals surface area contributed by atoms with Gasteiger partial charge in [0.25, 0.3) is 0 Å². The van der Waals surface area contributed by atoms with Gasteiger partial charge in [-0.25, -0.2) is 4.98 Å². The van der Waals surface area contributed by atoms with Crippen LogP contribution in [0.1, 0.15) is 29.9 Å². The van der Waals surface area contributed by atoms with Crippen molar-refractivity contribution in [2.75, 3.05) is 26.4 Å². The van der Waals surface area contributed by atoms with Crippen molar-refractivity contribution in [1.82, 2.24) is 10.3 Å². The summed E-state index contributed by atoms with van der Waals surface area (Å²) in [6.07, 6.45) is 1.67. The third kappa shape index (κ3) is 4.31. The van der Waals surface area contributed by atoms with Crippen molar-refractivity contribution in [3.63, 3.8) is 0 Å². The number of aromatic nitrogens is 1. The molecule has 26 heavy (non-hydrogen) atoms. The van der Waals surface area contributed by atoms with E-state index in [4.69, 9.17) is 9.15 Å². The number of aryl methyl sites for hydroxylation is 2. The monoisotopic (exact) mass is 358 g/mol. The highest BCUT2D eigenvalue weighted by atomic mass is 16.5. The number of rotatable bonds is 6. The maximum Gasteiger partial charge on any atom is 0.226 e. The number of amides is 1. The molecule has 1 saturated heterocycles. The largest absolute Gasteiger partial charge is 0.441 e. The van der Waals surface area contributed by atoms with Gasteiger partial charge in [0.1, 0.15) is 5.76 Å². The highest BCUT2D eigenvalue weighted by molar-refractivity contribution is 5.78. The van der Waals surface area contributed by atoms with E-state index in [0.29, 0.717) is 37.1 Å². The minimum atomic E-state index is -0.278. The van der Waals surface area contributed by atoms with Crippen molar-refractivity contribution in [2.45, 2.75) is 33.1 Å². The van der Waals surface area contributed by atoms with Gasteiger partial charge in [-0.1, -0.05) is 17.7 Å². The van der Waals surface area contributed by atoms with Crippen molar-refractivity contribution < 1.29 is 19.1 Å². The second-order valence-corrected chi connectivity index (χ2v) is 7.12. The highest BCUT2D eigenvalue weighted by Crippen LogP contribution is 2.29. The molecule has 1 aliphatic heterocycles. The summed E-state index contributed by atoms with van der Waals surface area (Å²) in [7, 11) is 0. The zero-order valence-electron chi connectivity index (χ0n) is 15.4. The van der Waals surface area contributed by atoms with Crippen molar-refractivity contribution in [2.24, 2.45) is 5.41 Å². The van der Waals surface area contributed by atoms with Crippen LogP contribution in [0.2, 0.25) is 0 Å². The molecular formula is C20H26N2O4. The SMILES string of the molecule is Cc1cccc(-c2nc(CC(=O)NCC3(CO)CCOCC3)c(C)o2)c1. The molecule has 2 N–H and O–H groups in total. The molecule has 0 bridgehead atoms. The van der Waals surface area contributed by atoms with E-state index in [1.165, 1.54) is 0 Å². The van der Waals surface area contributed by atoms with Gasteiger partial charge in [0, 0.05) is 30.7 Å². The van der Waals surface area contributed by atoms with Crippen LogP contribution in [0.15, 0.2) is 28.7 Å². The summed E-state index contributed by atoms with van der Waals surface area (Å²) in [5, 5.41) is 12.6. The minimum Gasteiger partial charge on any atom is -0.441 e. The molecule has 1 aromatic heterocycles. The van der Waals surface area contributed by atoms with Gasteiger partial charge in [0.15, 0.2) is 0 Å². The Morgan fingerprint density at radius 1 is 1.31 bits per heavy atom. The number of benzene rings is 1. The zero-order chi connectivity index (χ0) is 18.6. The van der Waals surface area contributed by atoms with Gasteiger partial charge >= 0.3 is 0 Å². The molecule has 1 fully saturated rings. The normalized spacial score (nSPS) is 16.4. The maximum absolute atomic E-state index is 12.4. The number of aliphatic hydroxyl groups excluding tert-OH is 1. The van der Waals surface area contributed by atoms with Crippen LogP contribution in [0.25, 0.3) is 11.5 Å². The van der Waals surface area contributed by atoms with Crippen molar-refractivity contribution in [3.8, 4) is 11.5 Å². The Balaban J connectivity index is 1.62. The third-order valence-corrected chi connectivity index (χ3v) is 5.04. The number of carbonyl (C=O) groups excluding carboxylic acids is 1. The van der Waals surface area contributed by atoms with E-state index in [1.54, 1.807) is 0 Å². The Morgan fingerprint density at radius 2 is 2.08 bits per heavy atom. The van der Waals surface area contributed by atoms with Gasteiger partial charge in [-0.3, -0.25) is 4.79 Å². The van der Waals surface area contributed by atoms with E-state index in [1.807, 2.05) is 38.1 Å². The number of ether oxygens (including phenoxy) is 1. The molecule has 0 spiro atoms. The number of aliphatic hydroxyl groups is 1. The molecule has 0 atom stereocenters. The predicted molar refractivity (Wildman–Crippen MR) is 97.7 cm³/mol. The summed E-state index contributed by atoms with van der Waals surface area (Å²) >= 11 is 0. The first-order chi connectivity index (χ1) is 12.5. The summed E-state index contributed by atoms with van der Waals surface area (Å²) in [5.74, 6) is 1.07. The van der Waals surface area contributed by atoms with Crippen LogP contribution >= 0.6 is 0 Å². The second kappa shape index (κ2) is 8.01. The lowest BCUT2D eigenvalue weighted by molar-refractivity contribution is -0.121. The first kappa shape index (κ1) is 18.6. The number of nitrogens with one attached hydrogen (secondary N) is 1. The van der Waals surface area contributed by atoms with Crippen molar-refractivity contribution in [3.05, 3.63) is 41.3 Å². The molecule has 1 aliphatic rings. The summed E-state index contributed by atoms with van der Waals surface area (Å²) in [5.41, 5.74) is 2.40. The number of hydrogen-bond acceptors (Lipinski definition) is 5. The van der Waals surface area contributed by atoms with Crippen LogP contribution in [0.5, 0.6) is 0 Å². The zero-order valence-corrected chi connectivity index (χ0v) is 15.4. The first-order valence-corrected chi connectivity index (χ1v) is 9.00. The predicted octanol–water partition coefficient (Wildman–Crippen LogP) is 2.41. The average Bonchev–Trinajstić information content (AvgIpc) is 3.01. The summed E-state index contributed by atoms with van der Waals surface area (Å²) in [6.45, 7) is 5.59. The Kier molecular flexibility index (Phi) is 5.74. The van der Waals surface area contributed by atoms with Gasteiger partial charge in [-0.05, 0) is 38.8 Å². The lowest BCUT2D eigenvalue weighted by Gasteiger charge is -2.35. The van der Waals surface area contributed by atoms with Gasteiger partial charge in [0.2, 0.25) is 11.8 Å². The molecular weight excluding hydrogens is 332 g/mol.